The van der Waals surface area contributed by atoms with Gasteiger partial charge in [0.2, 0.25) is 0 Å². The predicted molar refractivity (Wildman–Crippen MR) is 74.2 cm³/mol. The third-order valence-electron chi connectivity index (χ3n) is 3.86. The maximum Gasteiger partial charge on any atom is 0.129 e. The predicted octanol–water partition coefficient (Wildman–Crippen LogP) is 3.44. The normalized spacial score (nSPS) is 20.2. The number of nitrogens with two attached hydrogens (primary N) is 1. The molecule has 2 rings (SSSR count). The monoisotopic (exact) mass is 250 g/mol. The summed E-state index contributed by atoms with van der Waals surface area (Å²) < 4.78 is 13.8. The number of hydrogen-bond acceptors (Lipinski definition) is 2. The van der Waals surface area contributed by atoms with Crippen LogP contribution in [0.4, 0.5) is 10.1 Å². The van der Waals surface area contributed by atoms with Gasteiger partial charge in [0.05, 0.1) is 0 Å². The average molecular weight is 250 g/mol. The number of rotatable bonds is 4. The maximum absolute atomic E-state index is 13.8. The second kappa shape index (κ2) is 6.19. The number of benzene rings is 1. The first-order valence-corrected chi connectivity index (χ1v) is 7.02. The van der Waals surface area contributed by atoms with Gasteiger partial charge in [0.1, 0.15) is 5.82 Å². The summed E-state index contributed by atoms with van der Waals surface area (Å²) in [5.74, 6) is -0.171. The second-order valence-electron chi connectivity index (χ2n) is 5.07. The van der Waals surface area contributed by atoms with E-state index in [9.17, 15) is 4.39 Å². The van der Waals surface area contributed by atoms with Crippen LogP contribution in [0.2, 0.25) is 0 Å². The molecule has 1 unspecified atom stereocenters. The van der Waals surface area contributed by atoms with E-state index >= 15 is 0 Å². The van der Waals surface area contributed by atoms with Gasteiger partial charge < -0.3 is 10.6 Å². The molecule has 1 aliphatic rings. The number of nitrogens with zero attached hydrogens (tertiary/aromatic N) is 1. The molecule has 0 aromatic heterocycles. The van der Waals surface area contributed by atoms with E-state index in [0.717, 1.165) is 12.2 Å². The summed E-state index contributed by atoms with van der Waals surface area (Å²) in [6.07, 6.45) is 6.05. The second-order valence-corrected chi connectivity index (χ2v) is 5.07. The first-order chi connectivity index (χ1) is 8.77. The quantitative estimate of drug-likeness (QED) is 0.887. The third-order valence-corrected chi connectivity index (χ3v) is 3.86. The molecule has 0 saturated carbocycles. The summed E-state index contributed by atoms with van der Waals surface area (Å²) in [6.45, 7) is 3.51. The van der Waals surface area contributed by atoms with Crippen molar-refractivity contribution in [2.75, 3.05) is 11.4 Å². The van der Waals surface area contributed by atoms with Crippen LogP contribution in [-0.2, 0) is 6.54 Å². The Morgan fingerprint density at radius 2 is 2.22 bits per heavy atom. The van der Waals surface area contributed by atoms with Crippen molar-refractivity contribution < 1.29 is 4.39 Å². The molecule has 0 bridgehead atoms. The minimum Gasteiger partial charge on any atom is -0.368 e. The SMILES string of the molecule is CCCC1CCCCN1c1cccc(F)c1CN. The third kappa shape index (κ3) is 2.66. The van der Waals surface area contributed by atoms with Crippen LogP contribution < -0.4 is 10.6 Å². The molecule has 1 heterocycles. The lowest BCUT2D eigenvalue weighted by Crippen LogP contribution is -2.40. The number of anilines is 1. The fourth-order valence-electron chi connectivity index (χ4n) is 2.97. The fourth-order valence-corrected chi connectivity index (χ4v) is 2.97. The molecule has 1 aromatic carbocycles. The van der Waals surface area contributed by atoms with Gasteiger partial charge in [-0.3, -0.25) is 0 Å². The smallest absolute Gasteiger partial charge is 0.129 e. The van der Waals surface area contributed by atoms with Crippen molar-refractivity contribution >= 4 is 5.69 Å². The van der Waals surface area contributed by atoms with E-state index in [-0.39, 0.29) is 12.4 Å². The van der Waals surface area contributed by atoms with Crippen molar-refractivity contribution in [1.82, 2.24) is 0 Å². The Kier molecular flexibility index (Phi) is 4.59. The van der Waals surface area contributed by atoms with Gasteiger partial charge >= 0.3 is 0 Å². The lowest BCUT2D eigenvalue weighted by Gasteiger charge is -2.38. The molecule has 1 fully saturated rings. The van der Waals surface area contributed by atoms with Crippen molar-refractivity contribution in [2.45, 2.75) is 51.6 Å². The highest BCUT2D eigenvalue weighted by Crippen LogP contribution is 2.30. The van der Waals surface area contributed by atoms with Crippen LogP contribution in [0, 0.1) is 5.82 Å². The van der Waals surface area contributed by atoms with Crippen LogP contribution in [0.5, 0.6) is 0 Å². The van der Waals surface area contributed by atoms with Crippen LogP contribution in [0.15, 0.2) is 18.2 Å². The molecule has 0 aliphatic carbocycles. The summed E-state index contributed by atoms with van der Waals surface area (Å²) in [4.78, 5) is 2.37. The average Bonchev–Trinajstić information content (AvgIpc) is 2.39. The zero-order chi connectivity index (χ0) is 13.0. The highest BCUT2D eigenvalue weighted by molar-refractivity contribution is 5.55. The molecule has 1 atom stereocenters. The van der Waals surface area contributed by atoms with E-state index < -0.39 is 0 Å². The van der Waals surface area contributed by atoms with Crippen molar-refractivity contribution in [3.05, 3.63) is 29.6 Å². The van der Waals surface area contributed by atoms with Crippen molar-refractivity contribution in [1.29, 1.82) is 0 Å². The van der Waals surface area contributed by atoms with E-state index in [2.05, 4.69) is 11.8 Å². The topological polar surface area (TPSA) is 29.3 Å². The molecule has 1 aromatic rings. The summed E-state index contributed by atoms with van der Waals surface area (Å²) in [5, 5.41) is 0. The standard InChI is InChI=1S/C15H23FN2/c1-2-6-12-7-3-4-10-18(12)15-9-5-8-14(16)13(15)11-17/h5,8-9,12H,2-4,6-7,10-11,17H2,1H3. The van der Waals surface area contributed by atoms with E-state index in [1.807, 2.05) is 6.07 Å². The Bertz CT molecular complexity index is 390. The molecule has 18 heavy (non-hydrogen) atoms. The lowest BCUT2D eigenvalue weighted by molar-refractivity contribution is 0.433. The Morgan fingerprint density at radius 1 is 1.39 bits per heavy atom. The summed E-state index contributed by atoms with van der Waals surface area (Å²) in [5.41, 5.74) is 7.39. The number of hydrogen-bond donors (Lipinski definition) is 1. The van der Waals surface area contributed by atoms with Gasteiger partial charge in [0, 0.05) is 30.4 Å². The molecule has 0 radical (unpaired) electrons. The van der Waals surface area contributed by atoms with Crippen LogP contribution in [0.3, 0.4) is 0 Å². The lowest BCUT2D eigenvalue weighted by atomic mass is 9.96. The number of piperidine rings is 1. The molecule has 2 nitrogen and oxygen atoms in total. The van der Waals surface area contributed by atoms with Gasteiger partial charge in [-0.2, -0.15) is 0 Å². The highest BCUT2D eigenvalue weighted by atomic mass is 19.1. The van der Waals surface area contributed by atoms with Crippen LogP contribution in [0.1, 0.15) is 44.6 Å². The van der Waals surface area contributed by atoms with Crippen molar-refractivity contribution in [2.24, 2.45) is 5.73 Å². The van der Waals surface area contributed by atoms with Crippen molar-refractivity contribution in [3.8, 4) is 0 Å². The van der Waals surface area contributed by atoms with Gasteiger partial charge in [-0.25, -0.2) is 4.39 Å². The van der Waals surface area contributed by atoms with Crippen LogP contribution >= 0.6 is 0 Å². The van der Waals surface area contributed by atoms with Gasteiger partial charge in [0.15, 0.2) is 0 Å². The molecular weight excluding hydrogens is 227 g/mol. The van der Waals surface area contributed by atoms with E-state index in [1.54, 1.807) is 6.07 Å². The summed E-state index contributed by atoms with van der Waals surface area (Å²) in [6, 6.07) is 5.86. The van der Waals surface area contributed by atoms with E-state index in [4.69, 9.17) is 5.73 Å². The van der Waals surface area contributed by atoms with Crippen molar-refractivity contribution in [3.63, 3.8) is 0 Å². The zero-order valence-corrected chi connectivity index (χ0v) is 11.2. The molecule has 1 saturated heterocycles. The fraction of sp³-hybridized carbons (Fsp3) is 0.600. The van der Waals surface area contributed by atoms with Gasteiger partial charge in [-0.1, -0.05) is 19.4 Å². The first kappa shape index (κ1) is 13.3. The maximum atomic E-state index is 13.8. The zero-order valence-electron chi connectivity index (χ0n) is 11.2. The van der Waals surface area contributed by atoms with Gasteiger partial charge in [-0.05, 0) is 37.8 Å². The molecule has 2 N–H and O–H groups in total. The van der Waals surface area contributed by atoms with Crippen LogP contribution in [0.25, 0.3) is 0 Å². The van der Waals surface area contributed by atoms with E-state index in [0.29, 0.717) is 11.6 Å². The number of halogens is 1. The largest absolute Gasteiger partial charge is 0.368 e. The summed E-state index contributed by atoms with van der Waals surface area (Å²) in [7, 11) is 0. The Balaban J connectivity index is 2.30. The Morgan fingerprint density at radius 3 is 2.94 bits per heavy atom. The highest BCUT2D eigenvalue weighted by Gasteiger charge is 2.24. The van der Waals surface area contributed by atoms with Gasteiger partial charge in [0.25, 0.3) is 0 Å². The molecule has 100 valence electrons. The first-order valence-electron chi connectivity index (χ1n) is 7.02. The minimum absolute atomic E-state index is 0.171. The minimum atomic E-state index is -0.171. The Labute approximate surface area is 109 Å². The van der Waals surface area contributed by atoms with E-state index in [1.165, 1.54) is 38.2 Å². The van der Waals surface area contributed by atoms with Gasteiger partial charge in [-0.15, -0.1) is 0 Å². The molecular formula is C15H23FN2. The molecule has 3 heteroatoms. The molecule has 1 aliphatic heterocycles. The van der Waals surface area contributed by atoms with Crippen LogP contribution in [-0.4, -0.2) is 12.6 Å². The molecule has 0 amide bonds. The Hall–Kier alpha value is -1.09. The summed E-state index contributed by atoms with van der Waals surface area (Å²) >= 11 is 0. The molecule has 0 spiro atoms.